The summed E-state index contributed by atoms with van der Waals surface area (Å²) in [5, 5.41) is 10.5. The third-order valence-corrected chi connectivity index (χ3v) is 9.88. The van der Waals surface area contributed by atoms with Crippen molar-refractivity contribution in [3.63, 3.8) is 0 Å². The van der Waals surface area contributed by atoms with Crippen LogP contribution in [0.3, 0.4) is 0 Å². The molecular formula is C22H38O. The highest BCUT2D eigenvalue weighted by atomic mass is 16.3. The van der Waals surface area contributed by atoms with E-state index < -0.39 is 0 Å². The third-order valence-electron chi connectivity index (χ3n) is 9.88. The van der Waals surface area contributed by atoms with E-state index in [4.69, 9.17) is 0 Å². The molecule has 0 radical (unpaired) electrons. The summed E-state index contributed by atoms with van der Waals surface area (Å²) in [4.78, 5) is 0. The monoisotopic (exact) mass is 318 g/mol. The zero-order valence-electron chi connectivity index (χ0n) is 15.9. The lowest BCUT2D eigenvalue weighted by Crippen LogP contribution is -2.56. The Hall–Kier alpha value is -0.0400. The number of hydrogen-bond donors (Lipinski definition) is 1. The van der Waals surface area contributed by atoms with Gasteiger partial charge in [0.25, 0.3) is 0 Å². The van der Waals surface area contributed by atoms with Crippen molar-refractivity contribution in [2.24, 2.45) is 46.3 Å². The molecule has 1 nitrogen and oxygen atoms in total. The molecule has 0 unspecified atom stereocenters. The molecule has 4 fully saturated rings. The van der Waals surface area contributed by atoms with Gasteiger partial charge in [0.05, 0.1) is 6.10 Å². The molecule has 4 aliphatic carbocycles. The van der Waals surface area contributed by atoms with E-state index in [0.29, 0.717) is 16.7 Å². The van der Waals surface area contributed by atoms with Crippen LogP contribution in [0, 0.1) is 46.3 Å². The summed E-state index contributed by atoms with van der Waals surface area (Å²) in [6.45, 7) is 10.1. The highest BCUT2D eigenvalue weighted by molar-refractivity contribution is 5.09. The molecule has 4 rings (SSSR count). The van der Waals surface area contributed by atoms with Gasteiger partial charge in [0.2, 0.25) is 0 Å². The van der Waals surface area contributed by atoms with Crippen LogP contribution >= 0.6 is 0 Å². The Kier molecular flexibility index (Phi) is 3.91. The zero-order chi connectivity index (χ0) is 16.4. The standard InChI is InChI=1S/C22H38O/c1-5-15-17-9-7-16-18-8-6-14(2)21(18,3)12-10-19(16)22(17,4)13-11-20(15)23/h14-20,23H,5-13H2,1-4H3/t14-,15+,16-,17-,18-,19-,20+,21+,22-/m0/s1. The summed E-state index contributed by atoms with van der Waals surface area (Å²) in [7, 11) is 0. The van der Waals surface area contributed by atoms with E-state index in [0.717, 1.165) is 36.0 Å². The van der Waals surface area contributed by atoms with E-state index in [2.05, 4.69) is 27.7 Å². The first-order valence-corrected chi connectivity index (χ1v) is 10.6. The molecule has 4 aliphatic rings. The molecule has 0 aromatic rings. The lowest BCUT2D eigenvalue weighted by molar-refractivity contribution is -0.150. The van der Waals surface area contributed by atoms with Gasteiger partial charge in [0, 0.05) is 0 Å². The van der Waals surface area contributed by atoms with Gasteiger partial charge in [-0.1, -0.05) is 34.1 Å². The predicted octanol–water partition coefficient (Wildman–Crippen LogP) is 5.66. The minimum absolute atomic E-state index is 0.0185. The molecule has 9 atom stereocenters. The van der Waals surface area contributed by atoms with Crippen molar-refractivity contribution in [3.8, 4) is 0 Å². The van der Waals surface area contributed by atoms with Gasteiger partial charge >= 0.3 is 0 Å². The van der Waals surface area contributed by atoms with E-state index in [1.807, 2.05) is 0 Å². The molecule has 132 valence electrons. The van der Waals surface area contributed by atoms with Crippen LogP contribution in [-0.4, -0.2) is 11.2 Å². The topological polar surface area (TPSA) is 20.2 Å². The maximum Gasteiger partial charge on any atom is 0.0571 e. The van der Waals surface area contributed by atoms with Gasteiger partial charge in [-0.15, -0.1) is 0 Å². The smallest absolute Gasteiger partial charge is 0.0571 e. The summed E-state index contributed by atoms with van der Waals surface area (Å²) in [6.07, 6.45) is 12.3. The first-order valence-electron chi connectivity index (χ1n) is 10.6. The SMILES string of the molecule is CC[C@H]1[C@H](O)CC[C@]2(C)[C@H]3CC[C@]4(C)[C@@H](C)CC[C@H]4[C@@H]3CC[C@@H]12. The van der Waals surface area contributed by atoms with Crippen LogP contribution < -0.4 is 0 Å². The molecule has 0 aromatic carbocycles. The fourth-order valence-corrected chi connectivity index (χ4v) is 8.32. The Morgan fingerprint density at radius 2 is 1.48 bits per heavy atom. The molecule has 1 N–H and O–H groups in total. The van der Waals surface area contributed by atoms with Crippen LogP contribution in [0.1, 0.15) is 85.5 Å². The van der Waals surface area contributed by atoms with Crippen LogP contribution in [0.2, 0.25) is 0 Å². The van der Waals surface area contributed by atoms with Crippen molar-refractivity contribution < 1.29 is 5.11 Å². The molecular weight excluding hydrogens is 280 g/mol. The summed E-state index contributed by atoms with van der Waals surface area (Å²) in [6, 6.07) is 0. The second-order valence-corrected chi connectivity index (χ2v) is 10.3. The quantitative estimate of drug-likeness (QED) is 0.661. The molecule has 0 bridgehead atoms. The Bertz CT molecular complexity index is 459. The Morgan fingerprint density at radius 1 is 0.826 bits per heavy atom. The summed E-state index contributed by atoms with van der Waals surface area (Å²) < 4.78 is 0. The average Bonchev–Trinajstić information content (AvgIpc) is 2.83. The first-order chi connectivity index (χ1) is 10.9. The minimum atomic E-state index is -0.0185. The number of aliphatic hydroxyl groups excluding tert-OH is 1. The molecule has 0 saturated heterocycles. The van der Waals surface area contributed by atoms with Gasteiger partial charge in [-0.3, -0.25) is 0 Å². The van der Waals surface area contributed by atoms with Crippen LogP contribution in [0.25, 0.3) is 0 Å². The van der Waals surface area contributed by atoms with Crippen molar-refractivity contribution in [1.29, 1.82) is 0 Å². The summed E-state index contributed by atoms with van der Waals surface area (Å²) >= 11 is 0. The van der Waals surface area contributed by atoms with Gasteiger partial charge in [-0.25, -0.2) is 0 Å². The maximum absolute atomic E-state index is 10.5. The average molecular weight is 319 g/mol. The first kappa shape index (κ1) is 16.4. The lowest BCUT2D eigenvalue weighted by Gasteiger charge is -2.62. The lowest BCUT2D eigenvalue weighted by atomic mass is 9.43. The molecule has 4 saturated carbocycles. The fraction of sp³-hybridized carbons (Fsp3) is 1.00. The van der Waals surface area contributed by atoms with Crippen molar-refractivity contribution in [2.75, 3.05) is 0 Å². The molecule has 1 heteroatoms. The third kappa shape index (κ3) is 2.14. The Balaban J connectivity index is 1.64. The predicted molar refractivity (Wildman–Crippen MR) is 96.1 cm³/mol. The minimum Gasteiger partial charge on any atom is -0.393 e. The second kappa shape index (κ2) is 5.48. The van der Waals surface area contributed by atoms with Gasteiger partial charge in [0.15, 0.2) is 0 Å². The van der Waals surface area contributed by atoms with Gasteiger partial charge in [-0.05, 0) is 97.7 Å². The van der Waals surface area contributed by atoms with E-state index in [1.165, 1.54) is 51.4 Å². The fourth-order valence-electron chi connectivity index (χ4n) is 8.32. The molecule has 0 heterocycles. The van der Waals surface area contributed by atoms with E-state index >= 15 is 0 Å². The molecule has 0 aliphatic heterocycles. The number of aliphatic hydroxyl groups is 1. The zero-order valence-corrected chi connectivity index (χ0v) is 15.9. The van der Waals surface area contributed by atoms with Crippen molar-refractivity contribution in [3.05, 3.63) is 0 Å². The van der Waals surface area contributed by atoms with Gasteiger partial charge in [-0.2, -0.15) is 0 Å². The van der Waals surface area contributed by atoms with Crippen molar-refractivity contribution in [1.82, 2.24) is 0 Å². The highest BCUT2D eigenvalue weighted by Gasteiger charge is 2.60. The van der Waals surface area contributed by atoms with Crippen LogP contribution in [0.5, 0.6) is 0 Å². The Labute approximate surface area is 143 Å². The number of rotatable bonds is 1. The molecule has 0 spiro atoms. The number of hydrogen-bond acceptors (Lipinski definition) is 1. The van der Waals surface area contributed by atoms with E-state index in [1.54, 1.807) is 0 Å². The highest BCUT2D eigenvalue weighted by Crippen LogP contribution is 2.68. The van der Waals surface area contributed by atoms with Crippen LogP contribution in [-0.2, 0) is 0 Å². The molecule has 23 heavy (non-hydrogen) atoms. The van der Waals surface area contributed by atoms with Gasteiger partial charge < -0.3 is 5.11 Å². The molecule has 0 aromatic heterocycles. The van der Waals surface area contributed by atoms with E-state index in [-0.39, 0.29) is 6.10 Å². The maximum atomic E-state index is 10.5. The van der Waals surface area contributed by atoms with Crippen molar-refractivity contribution in [2.45, 2.75) is 91.6 Å². The summed E-state index contributed by atoms with van der Waals surface area (Å²) in [5.74, 6) is 5.25. The van der Waals surface area contributed by atoms with Crippen LogP contribution in [0.15, 0.2) is 0 Å². The van der Waals surface area contributed by atoms with Crippen LogP contribution in [0.4, 0.5) is 0 Å². The molecule has 0 amide bonds. The second-order valence-electron chi connectivity index (χ2n) is 10.3. The van der Waals surface area contributed by atoms with Crippen molar-refractivity contribution >= 4 is 0 Å². The van der Waals surface area contributed by atoms with E-state index in [9.17, 15) is 5.11 Å². The Morgan fingerprint density at radius 3 is 2.22 bits per heavy atom. The largest absolute Gasteiger partial charge is 0.393 e. The number of fused-ring (bicyclic) bond motifs is 5. The van der Waals surface area contributed by atoms with Gasteiger partial charge in [0.1, 0.15) is 0 Å². The summed E-state index contributed by atoms with van der Waals surface area (Å²) in [5.41, 5.74) is 1.17. The normalized spacial score (nSPS) is 59.1.